The van der Waals surface area contributed by atoms with Crippen LogP contribution in [0.2, 0.25) is 0 Å². The van der Waals surface area contributed by atoms with Crippen LogP contribution in [0.3, 0.4) is 0 Å². The number of carbonyl (C=O) groups is 1. The monoisotopic (exact) mass is 406 g/mol. The Labute approximate surface area is 177 Å². The highest BCUT2D eigenvalue weighted by molar-refractivity contribution is 5.99. The summed E-state index contributed by atoms with van der Waals surface area (Å²) in [6.07, 6.45) is 2.99. The topological polar surface area (TPSA) is 75.6 Å². The average Bonchev–Trinajstić information content (AvgIpc) is 3.05. The Hall–Kier alpha value is -3.02. The highest BCUT2D eigenvalue weighted by Crippen LogP contribution is 2.26. The van der Waals surface area contributed by atoms with E-state index < -0.39 is 0 Å². The van der Waals surface area contributed by atoms with E-state index in [1.54, 1.807) is 0 Å². The minimum atomic E-state index is -0.00711. The van der Waals surface area contributed by atoms with Gasteiger partial charge in [0.15, 0.2) is 5.58 Å². The highest BCUT2D eigenvalue weighted by Gasteiger charge is 2.28. The molecule has 2 aromatic carbocycles. The number of benzene rings is 2. The third kappa shape index (κ3) is 3.99. The first-order chi connectivity index (χ1) is 14.5. The molecule has 0 aliphatic carbocycles. The summed E-state index contributed by atoms with van der Waals surface area (Å²) in [4.78, 5) is 22.0. The molecule has 1 aliphatic rings. The number of nitrogen functional groups attached to an aromatic ring is 1. The quantitative estimate of drug-likeness (QED) is 0.650. The predicted octanol–water partition coefficient (Wildman–Crippen LogP) is 4.41. The summed E-state index contributed by atoms with van der Waals surface area (Å²) >= 11 is 0. The van der Waals surface area contributed by atoms with Crippen molar-refractivity contribution >= 4 is 28.7 Å². The molecule has 3 aromatic rings. The van der Waals surface area contributed by atoms with Crippen LogP contribution in [0.25, 0.3) is 11.1 Å². The third-order valence-electron chi connectivity index (χ3n) is 5.91. The van der Waals surface area contributed by atoms with Gasteiger partial charge in [-0.05, 0) is 56.5 Å². The molecule has 4 rings (SSSR count). The van der Waals surface area contributed by atoms with E-state index in [1.807, 2.05) is 36.1 Å². The van der Waals surface area contributed by atoms with Gasteiger partial charge in [0, 0.05) is 31.4 Å². The Morgan fingerprint density at radius 1 is 1.20 bits per heavy atom. The van der Waals surface area contributed by atoms with E-state index in [0.29, 0.717) is 30.4 Å². The summed E-state index contributed by atoms with van der Waals surface area (Å²) in [5, 5.41) is 0. The Morgan fingerprint density at radius 2 is 2.03 bits per heavy atom. The molecule has 6 nitrogen and oxygen atoms in total. The minimum Gasteiger partial charge on any atom is -0.423 e. The van der Waals surface area contributed by atoms with Gasteiger partial charge in [-0.2, -0.15) is 4.98 Å². The Balaban J connectivity index is 1.53. The van der Waals surface area contributed by atoms with Crippen molar-refractivity contribution in [2.75, 3.05) is 30.3 Å². The molecule has 1 saturated heterocycles. The second kappa shape index (κ2) is 8.38. The van der Waals surface area contributed by atoms with E-state index in [-0.39, 0.29) is 11.9 Å². The molecule has 0 saturated carbocycles. The van der Waals surface area contributed by atoms with E-state index in [1.165, 1.54) is 5.56 Å². The highest BCUT2D eigenvalue weighted by atomic mass is 16.4. The van der Waals surface area contributed by atoms with Gasteiger partial charge in [-0.1, -0.05) is 31.0 Å². The Morgan fingerprint density at radius 3 is 2.83 bits per heavy atom. The lowest BCUT2D eigenvalue weighted by Gasteiger charge is -2.27. The number of hydrogen-bond donors (Lipinski definition) is 1. The van der Waals surface area contributed by atoms with Gasteiger partial charge in [-0.3, -0.25) is 4.79 Å². The number of aryl methyl sites for hydroxylation is 2. The number of fused-ring (bicyclic) bond motifs is 1. The fourth-order valence-electron chi connectivity index (χ4n) is 4.10. The molecule has 30 heavy (non-hydrogen) atoms. The normalized spacial score (nSPS) is 17.4. The molecule has 2 N–H and O–H groups in total. The van der Waals surface area contributed by atoms with Gasteiger partial charge in [0.25, 0.3) is 11.9 Å². The average molecular weight is 407 g/mol. The van der Waals surface area contributed by atoms with Crippen LogP contribution in [0.5, 0.6) is 0 Å². The first kappa shape index (κ1) is 20.3. The largest absolute Gasteiger partial charge is 0.423 e. The predicted molar refractivity (Wildman–Crippen MR) is 121 cm³/mol. The first-order valence-electron chi connectivity index (χ1n) is 10.8. The fraction of sp³-hybridized carbons (Fsp3) is 0.417. The second-order valence-corrected chi connectivity index (χ2v) is 8.26. The zero-order chi connectivity index (χ0) is 21.3. The van der Waals surface area contributed by atoms with Crippen LogP contribution in [0, 0.1) is 6.92 Å². The van der Waals surface area contributed by atoms with Crippen LogP contribution in [-0.4, -0.2) is 41.5 Å². The zero-order valence-electron chi connectivity index (χ0n) is 18.0. The number of rotatable bonds is 4. The van der Waals surface area contributed by atoms with Gasteiger partial charge >= 0.3 is 0 Å². The maximum absolute atomic E-state index is 13.2. The van der Waals surface area contributed by atoms with E-state index in [2.05, 4.69) is 30.9 Å². The van der Waals surface area contributed by atoms with E-state index in [0.717, 1.165) is 42.5 Å². The molecule has 0 radical (unpaired) electrons. The summed E-state index contributed by atoms with van der Waals surface area (Å²) in [5.74, 6) is -0.00711. The van der Waals surface area contributed by atoms with Crippen molar-refractivity contribution in [3.8, 4) is 0 Å². The molecular formula is C24H30N4O2. The molecule has 6 heteroatoms. The number of oxazole rings is 1. The molecule has 158 valence electrons. The molecule has 1 aromatic heterocycles. The van der Waals surface area contributed by atoms with Crippen LogP contribution < -0.4 is 10.6 Å². The van der Waals surface area contributed by atoms with Crippen LogP contribution in [0.15, 0.2) is 40.8 Å². The van der Waals surface area contributed by atoms with Crippen molar-refractivity contribution in [3.05, 3.63) is 53.1 Å². The van der Waals surface area contributed by atoms with Gasteiger partial charge in [-0.25, -0.2) is 0 Å². The van der Waals surface area contributed by atoms with Gasteiger partial charge in [0.1, 0.15) is 5.52 Å². The van der Waals surface area contributed by atoms with Crippen molar-refractivity contribution in [2.24, 2.45) is 0 Å². The van der Waals surface area contributed by atoms with E-state index in [9.17, 15) is 4.79 Å². The number of aromatic nitrogens is 1. The molecule has 1 amide bonds. The van der Waals surface area contributed by atoms with Crippen LogP contribution in [-0.2, 0) is 6.42 Å². The first-order valence-corrected chi connectivity index (χ1v) is 10.8. The fourth-order valence-corrected chi connectivity index (χ4v) is 4.10. The summed E-state index contributed by atoms with van der Waals surface area (Å²) in [6.45, 7) is 8.32. The number of hydrogen-bond acceptors (Lipinski definition) is 5. The van der Waals surface area contributed by atoms with Crippen molar-refractivity contribution in [3.63, 3.8) is 0 Å². The van der Waals surface area contributed by atoms with Gasteiger partial charge in [0.05, 0.1) is 5.56 Å². The summed E-state index contributed by atoms with van der Waals surface area (Å²) in [7, 11) is 0. The lowest BCUT2D eigenvalue weighted by molar-refractivity contribution is 0.0706. The van der Waals surface area contributed by atoms with Crippen molar-refractivity contribution < 1.29 is 9.21 Å². The summed E-state index contributed by atoms with van der Waals surface area (Å²) < 4.78 is 6.04. The van der Waals surface area contributed by atoms with Crippen LogP contribution in [0.4, 0.5) is 11.7 Å². The van der Waals surface area contributed by atoms with Gasteiger partial charge in [-0.15, -0.1) is 0 Å². The lowest BCUT2D eigenvalue weighted by Crippen LogP contribution is -2.40. The summed E-state index contributed by atoms with van der Waals surface area (Å²) in [6, 6.07) is 12.6. The number of anilines is 2. The smallest absolute Gasteiger partial charge is 0.298 e. The third-order valence-corrected chi connectivity index (χ3v) is 5.91. The van der Waals surface area contributed by atoms with Gasteiger partial charge < -0.3 is 20.0 Å². The standard InChI is InChI=1S/C24H30N4O2/c1-4-5-18-7-9-22-21(15-18)26-24(30-22)27-11-10-17(3)28(13-12-27)23(29)19-14-16(2)6-8-20(19)25/h6-9,14-15,17H,4-5,10-13,25H2,1-3H3/t17-/m1/s1. The number of carbonyl (C=O) groups excluding carboxylic acids is 1. The molecule has 0 spiro atoms. The lowest BCUT2D eigenvalue weighted by atomic mass is 10.1. The number of nitrogens with zero attached hydrogens (tertiary/aromatic N) is 3. The van der Waals surface area contributed by atoms with Crippen molar-refractivity contribution in [2.45, 2.75) is 46.1 Å². The molecule has 0 unspecified atom stereocenters. The molecule has 1 aliphatic heterocycles. The Kier molecular flexibility index (Phi) is 5.66. The molecular weight excluding hydrogens is 376 g/mol. The molecule has 1 atom stereocenters. The number of nitrogens with two attached hydrogens (primary N) is 1. The number of amides is 1. The molecule has 1 fully saturated rings. The minimum absolute atomic E-state index is 0.00711. The maximum atomic E-state index is 13.2. The van der Waals surface area contributed by atoms with Crippen molar-refractivity contribution in [1.29, 1.82) is 0 Å². The molecule has 2 heterocycles. The second-order valence-electron chi connectivity index (χ2n) is 8.26. The van der Waals surface area contributed by atoms with Crippen molar-refractivity contribution in [1.82, 2.24) is 9.88 Å². The zero-order valence-corrected chi connectivity index (χ0v) is 18.0. The maximum Gasteiger partial charge on any atom is 0.298 e. The Bertz CT molecular complexity index is 1060. The molecule has 0 bridgehead atoms. The van der Waals surface area contributed by atoms with E-state index in [4.69, 9.17) is 15.1 Å². The van der Waals surface area contributed by atoms with Gasteiger partial charge in [0.2, 0.25) is 0 Å². The SMILES string of the molecule is CCCc1ccc2oc(N3CC[C@@H](C)N(C(=O)c4cc(C)ccc4N)CC3)nc2c1. The van der Waals surface area contributed by atoms with E-state index >= 15 is 0 Å². The summed E-state index contributed by atoms with van der Waals surface area (Å²) in [5.41, 5.74) is 11.2. The van der Waals surface area contributed by atoms with Crippen LogP contribution in [0.1, 0.15) is 48.2 Å². The van der Waals surface area contributed by atoms with Crippen LogP contribution >= 0.6 is 0 Å².